The Labute approximate surface area is 128 Å². The summed E-state index contributed by atoms with van der Waals surface area (Å²) < 4.78 is 16.8. The summed E-state index contributed by atoms with van der Waals surface area (Å²) in [5.74, 6) is 2.14. The molecule has 2 aromatic rings. The Kier molecular flexibility index (Phi) is 4.38. The predicted molar refractivity (Wildman–Crippen MR) is 79.2 cm³/mol. The van der Waals surface area contributed by atoms with Crippen LogP contribution in [0, 0.1) is 0 Å². The van der Waals surface area contributed by atoms with Crippen LogP contribution in [-0.2, 0) is 4.74 Å². The number of hydrogen-bond donors (Lipinski definition) is 1. The molecule has 1 N–H and O–H groups in total. The van der Waals surface area contributed by atoms with Crippen molar-refractivity contribution in [2.75, 3.05) is 38.3 Å². The van der Waals surface area contributed by atoms with Crippen LogP contribution in [0.2, 0.25) is 0 Å². The van der Waals surface area contributed by atoms with Gasteiger partial charge in [0.2, 0.25) is 5.82 Å². The Morgan fingerprint density at radius 3 is 2.91 bits per heavy atom. The minimum atomic E-state index is -0.188. The highest BCUT2D eigenvalue weighted by Gasteiger charge is 2.14. The lowest BCUT2D eigenvalue weighted by Gasteiger charge is -2.23. The first-order chi connectivity index (χ1) is 10.7. The van der Waals surface area contributed by atoms with Crippen LogP contribution in [0.4, 0.5) is 5.69 Å². The van der Waals surface area contributed by atoms with Gasteiger partial charge in [-0.2, -0.15) is 5.21 Å². The highest BCUT2D eigenvalue weighted by atomic mass is 16.6. The molecule has 1 atom stereocenters. The van der Waals surface area contributed by atoms with Gasteiger partial charge >= 0.3 is 0 Å². The summed E-state index contributed by atoms with van der Waals surface area (Å²) in [7, 11) is 2.01. The van der Waals surface area contributed by atoms with E-state index in [0.717, 1.165) is 23.7 Å². The van der Waals surface area contributed by atoms with E-state index >= 15 is 0 Å². The second-order valence-electron chi connectivity index (χ2n) is 5.03. The number of fused-ring (bicyclic) bond motifs is 1. The maximum absolute atomic E-state index is 5.71. The second kappa shape index (κ2) is 6.61. The van der Waals surface area contributed by atoms with E-state index in [4.69, 9.17) is 14.2 Å². The zero-order chi connectivity index (χ0) is 15.4. The van der Waals surface area contributed by atoms with E-state index in [1.54, 1.807) is 0 Å². The van der Waals surface area contributed by atoms with Crippen LogP contribution >= 0.6 is 0 Å². The van der Waals surface area contributed by atoms with E-state index in [2.05, 4.69) is 25.5 Å². The molecule has 1 aliphatic rings. The standard InChI is InChI=1S/C14H19N5O3/c1-10(14-15-17-18-16-14)20-6-5-19(2)11-3-4-12-13(9-11)22-8-7-21-12/h3-4,9-10H,5-8H2,1-2H3,(H,15,16,17,18). The first-order valence-corrected chi connectivity index (χ1v) is 7.20. The van der Waals surface area contributed by atoms with Crippen molar-refractivity contribution in [3.63, 3.8) is 0 Å². The third-order valence-corrected chi connectivity index (χ3v) is 3.49. The van der Waals surface area contributed by atoms with Crippen molar-refractivity contribution in [2.45, 2.75) is 13.0 Å². The van der Waals surface area contributed by atoms with E-state index in [1.807, 2.05) is 32.2 Å². The molecule has 0 radical (unpaired) electrons. The Bertz CT molecular complexity index is 605. The van der Waals surface area contributed by atoms with Gasteiger partial charge in [0, 0.05) is 25.3 Å². The van der Waals surface area contributed by atoms with Gasteiger partial charge in [0.05, 0.1) is 6.61 Å². The fraction of sp³-hybridized carbons (Fsp3) is 0.500. The van der Waals surface area contributed by atoms with Crippen LogP contribution in [-0.4, -0.2) is 54.0 Å². The number of H-pyrrole nitrogens is 1. The molecular weight excluding hydrogens is 286 g/mol. The van der Waals surface area contributed by atoms with E-state index in [0.29, 0.717) is 25.6 Å². The number of ether oxygens (including phenoxy) is 3. The normalized spacial score (nSPS) is 14.6. The maximum atomic E-state index is 5.71. The summed E-state index contributed by atoms with van der Waals surface area (Å²) in [6.07, 6.45) is -0.188. The molecule has 8 heteroatoms. The lowest BCUT2D eigenvalue weighted by Crippen LogP contribution is -2.24. The molecule has 1 aromatic heterocycles. The van der Waals surface area contributed by atoms with Crippen molar-refractivity contribution in [2.24, 2.45) is 0 Å². The zero-order valence-electron chi connectivity index (χ0n) is 12.7. The van der Waals surface area contributed by atoms with Crippen LogP contribution in [0.5, 0.6) is 11.5 Å². The van der Waals surface area contributed by atoms with Gasteiger partial charge in [0.25, 0.3) is 0 Å². The van der Waals surface area contributed by atoms with Crippen molar-refractivity contribution < 1.29 is 14.2 Å². The monoisotopic (exact) mass is 305 g/mol. The lowest BCUT2D eigenvalue weighted by molar-refractivity contribution is 0.0652. The Morgan fingerprint density at radius 2 is 2.14 bits per heavy atom. The zero-order valence-corrected chi connectivity index (χ0v) is 12.7. The van der Waals surface area contributed by atoms with Crippen LogP contribution in [0.1, 0.15) is 18.9 Å². The number of nitrogens with one attached hydrogen (secondary N) is 1. The second-order valence-corrected chi connectivity index (χ2v) is 5.03. The summed E-state index contributed by atoms with van der Waals surface area (Å²) in [6, 6.07) is 5.93. The van der Waals surface area contributed by atoms with Gasteiger partial charge < -0.3 is 19.1 Å². The van der Waals surface area contributed by atoms with Gasteiger partial charge in [-0.1, -0.05) is 5.21 Å². The molecule has 3 rings (SSSR count). The maximum Gasteiger partial charge on any atom is 0.202 e. The molecule has 2 heterocycles. The van der Waals surface area contributed by atoms with Gasteiger partial charge in [0.1, 0.15) is 19.3 Å². The lowest BCUT2D eigenvalue weighted by atomic mass is 10.2. The molecule has 0 aliphatic carbocycles. The quantitative estimate of drug-likeness (QED) is 0.857. The molecule has 0 bridgehead atoms. The number of anilines is 1. The van der Waals surface area contributed by atoms with Gasteiger partial charge in [-0.25, -0.2) is 0 Å². The largest absolute Gasteiger partial charge is 0.486 e. The van der Waals surface area contributed by atoms with Crippen molar-refractivity contribution in [3.05, 3.63) is 24.0 Å². The van der Waals surface area contributed by atoms with Gasteiger partial charge in [-0.15, -0.1) is 10.2 Å². The fourth-order valence-electron chi connectivity index (χ4n) is 2.18. The number of rotatable bonds is 6. The fourth-order valence-corrected chi connectivity index (χ4v) is 2.18. The number of tetrazole rings is 1. The molecule has 1 aromatic carbocycles. The van der Waals surface area contributed by atoms with Gasteiger partial charge in [0.15, 0.2) is 11.5 Å². The van der Waals surface area contributed by atoms with Crippen LogP contribution < -0.4 is 14.4 Å². The van der Waals surface area contributed by atoms with E-state index in [9.17, 15) is 0 Å². The molecule has 0 amide bonds. The van der Waals surface area contributed by atoms with Gasteiger partial charge in [-0.05, 0) is 19.1 Å². The van der Waals surface area contributed by atoms with Crippen LogP contribution in [0.3, 0.4) is 0 Å². The molecular formula is C14H19N5O3. The van der Waals surface area contributed by atoms with Crippen LogP contribution in [0.15, 0.2) is 18.2 Å². The minimum Gasteiger partial charge on any atom is -0.486 e. The first-order valence-electron chi connectivity index (χ1n) is 7.20. The topological polar surface area (TPSA) is 85.4 Å². The average Bonchev–Trinajstić information content (AvgIpc) is 3.08. The van der Waals surface area contributed by atoms with E-state index in [-0.39, 0.29) is 6.10 Å². The average molecular weight is 305 g/mol. The number of aromatic amines is 1. The Morgan fingerprint density at radius 1 is 1.32 bits per heavy atom. The first kappa shape index (κ1) is 14.6. The third-order valence-electron chi connectivity index (χ3n) is 3.49. The summed E-state index contributed by atoms with van der Waals surface area (Å²) in [4.78, 5) is 2.10. The van der Waals surface area contributed by atoms with Crippen LogP contribution in [0.25, 0.3) is 0 Å². The summed E-state index contributed by atoms with van der Waals surface area (Å²) in [5.41, 5.74) is 1.06. The number of likely N-dealkylation sites (N-methyl/N-ethyl adjacent to an activating group) is 1. The van der Waals surface area contributed by atoms with Crippen molar-refractivity contribution in [1.29, 1.82) is 0 Å². The number of nitrogens with zero attached hydrogens (tertiary/aromatic N) is 4. The SMILES string of the molecule is CC(OCCN(C)c1ccc2c(c1)OCCO2)c1nn[nH]n1. The third kappa shape index (κ3) is 3.28. The Balaban J connectivity index is 1.52. The smallest absolute Gasteiger partial charge is 0.202 e. The molecule has 22 heavy (non-hydrogen) atoms. The highest BCUT2D eigenvalue weighted by molar-refractivity contribution is 5.56. The van der Waals surface area contributed by atoms with Crippen molar-refractivity contribution in [3.8, 4) is 11.5 Å². The molecule has 0 spiro atoms. The highest BCUT2D eigenvalue weighted by Crippen LogP contribution is 2.33. The minimum absolute atomic E-state index is 0.188. The molecule has 1 unspecified atom stereocenters. The summed E-state index contributed by atoms with van der Waals surface area (Å²) >= 11 is 0. The van der Waals surface area contributed by atoms with E-state index < -0.39 is 0 Å². The van der Waals surface area contributed by atoms with Gasteiger partial charge in [-0.3, -0.25) is 0 Å². The molecule has 0 saturated heterocycles. The summed E-state index contributed by atoms with van der Waals surface area (Å²) in [6.45, 7) is 4.38. The van der Waals surface area contributed by atoms with E-state index in [1.165, 1.54) is 0 Å². The van der Waals surface area contributed by atoms with Crippen molar-refractivity contribution in [1.82, 2.24) is 20.6 Å². The molecule has 8 nitrogen and oxygen atoms in total. The van der Waals surface area contributed by atoms with Crippen molar-refractivity contribution >= 4 is 5.69 Å². The number of aromatic nitrogens is 4. The summed E-state index contributed by atoms with van der Waals surface area (Å²) in [5, 5.41) is 13.7. The molecule has 1 aliphatic heterocycles. The predicted octanol–water partition coefficient (Wildman–Crippen LogP) is 1.18. The number of hydrogen-bond acceptors (Lipinski definition) is 7. The molecule has 118 valence electrons. The Hall–Kier alpha value is -2.35. The number of benzene rings is 1. The molecule has 0 fully saturated rings. The molecule has 0 saturated carbocycles.